The van der Waals surface area contributed by atoms with Crippen molar-refractivity contribution in [2.45, 2.75) is 45.4 Å². The van der Waals surface area contributed by atoms with Crippen LogP contribution in [0.3, 0.4) is 0 Å². The Morgan fingerprint density at radius 2 is 2.00 bits per heavy atom. The molecule has 0 radical (unpaired) electrons. The van der Waals surface area contributed by atoms with Crippen molar-refractivity contribution < 1.29 is 0 Å². The smallest absolute Gasteiger partial charge is 0.216 e. The highest BCUT2D eigenvalue weighted by molar-refractivity contribution is 6.30. The zero-order valence-corrected chi connectivity index (χ0v) is 11.0. The molecule has 0 bridgehead atoms. The Bertz CT molecular complexity index is 584. The van der Waals surface area contributed by atoms with Gasteiger partial charge in [0, 0.05) is 17.2 Å². The largest absolute Gasteiger partial charge is 0.254 e. The lowest BCUT2D eigenvalue weighted by Gasteiger charge is -2.11. The van der Waals surface area contributed by atoms with Gasteiger partial charge in [0.1, 0.15) is 5.15 Å². The molecule has 2 aromatic heterocycles. The fourth-order valence-corrected chi connectivity index (χ4v) is 2.64. The molecule has 1 fully saturated rings. The van der Waals surface area contributed by atoms with Crippen molar-refractivity contribution >= 4 is 17.4 Å². The minimum Gasteiger partial charge on any atom is -0.216 e. The third kappa shape index (κ3) is 1.71. The lowest BCUT2D eigenvalue weighted by Crippen LogP contribution is -2.04. The van der Waals surface area contributed by atoms with Gasteiger partial charge in [-0.05, 0) is 25.7 Å². The van der Waals surface area contributed by atoms with Crippen LogP contribution in [0.4, 0.5) is 0 Å². The number of fused-ring (bicyclic) bond motifs is 1. The number of nitrogens with zero attached hydrogens (tertiary/aromatic N) is 4. The molecule has 2 heterocycles. The molecule has 0 unspecified atom stereocenters. The van der Waals surface area contributed by atoms with E-state index in [0.29, 0.717) is 22.8 Å². The van der Waals surface area contributed by atoms with Crippen molar-refractivity contribution in [2.75, 3.05) is 0 Å². The van der Waals surface area contributed by atoms with Crippen LogP contribution in [0.5, 0.6) is 0 Å². The molecule has 0 amide bonds. The Labute approximate surface area is 105 Å². The lowest BCUT2D eigenvalue weighted by molar-refractivity contribution is 0.798. The summed E-state index contributed by atoms with van der Waals surface area (Å²) < 4.78 is 1.68. The molecule has 1 aliphatic carbocycles. The summed E-state index contributed by atoms with van der Waals surface area (Å²) in [6.45, 7) is 6.20. The van der Waals surface area contributed by atoms with E-state index in [1.165, 1.54) is 12.8 Å². The first-order chi connectivity index (χ1) is 8.08. The summed E-state index contributed by atoms with van der Waals surface area (Å²) in [6.07, 6.45) is 2.37. The second-order valence-corrected chi connectivity index (χ2v) is 5.37. The average Bonchev–Trinajstić information content (AvgIpc) is 2.99. The van der Waals surface area contributed by atoms with Crippen molar-refractivity contribution in [3.63, 3.8) is 0 Å². The van der Waals surface area contributed by atoms with Crippen molar-refractivity contribution in [1.82, 2.24) is 19.6 Å². The molecule has 0 aliphatic heterocycles. The number of halogens is 1. The number of hydrogen-bond donors (Lipinski definition) is 0. The molecule has 0 N–H and O–H groups in total. The zero-order valence-electron chi connectivity index (χ0n) is 10.2. The van der Waals surface area contributed by atoms with E-state index in [9.17, 15) is 0 Å². The Kier molecular flexibility index (Phi) is 2.36. The van der Waals surface area contributed by atoms with Crippen LogP contribution in [-0.4, -0.2) is 19.6 Å². The van der Waals surface area contributed by atoms with Gasteiger partial charge in [-0.25, -0.2) is 4.98 Å². The fourth-order valence-electron chi connectivity index (χ4n) is 2.17. The van der Waals surface area contributed by atoms with E-state index in [-0.39, 0.29) is 0 Å². The number of rotatable bonds is 2. The van der Waals surface area contributed by atoms with Crippen LogP contribution < -0.4 is 0 Å². The van der Waals surface area contributed by atoms with E-state index in [2.05, 4.69) is 28.9 Å². The third-order valence-corrected chi connectivity index (χ3v) is 3.56. The molecule has 4 nitrogen and oxygen atoms in total. The van der Waals surface area contributed by atoms with Gasteiger partial charge in [0.15, 0.2) is 5.82 Å². The van der Waals surface area contributed by atoms with Gasteiger partial charge < -0.3 is 0 Å². The summed E-state index contributed by atoms with van der Waals surface area (Å²) in [5.41, 5.74) is 2.01. The van der Waals surface area contributed by atoms with Crippen molar-refractivity contribution in [1.29, 1.82) is 0 Å². The Morgan fingerprint density at radius 3 is 2.59 bits per heavy atom. The van der Waals surface area contributed by atoms with Crippen LogP contribution in [-0.2, 0) is 0 Å². The zero-order chi connectivity index (χ0) is 12.2. The minimum absolute atomic E-state index is 0.341. The molecule has 0 spiro atoms. The maximum Gasteiger partial charge on any atom is 0.254 e. The highest BCUT2D eigenvalue weighted by Gasteiger charge is 2.29. The summed E-state index contributed by atoms with van der Waals surface area (Å²) >= 11 is 6.40. The molecule has 0 aromatic carbocycles. The predicted octanol–water partition coefficient (Wildman–Crippen LogP) is 3.09. The van der Waals surface area contributed by atoms with Crippen LogP contribution in [0.15, 0.2) is 0 Å². The summed E-state index contributed by atoms with van der Waals surface area (Å²) in [6, 6.07) is 0. The van der Waals surface area contributed by atoms with Gasteiger partial charge in [0.05, 0.1) is 0 Å². The summed E-state index contributed by atoms with van der Waals surface area (Å²) in [5, 5.41) is 5.12. The maximum atomic E-state index is 6.40. The maximum absolute atomic E-state index is 6.40. The van der Waals surface area contributed by atoms with Gasteiger partial charge >= 0.3 is 0 Å². The molecule has 3 rings (SSSR count). The minimum atomic E-state index is 0.341. The molecule has 17 heavy (non-hydrogen) atoms. The summed E-state index contributed by atoms with van der Waals surface area (Å²) in [5.74, 6) is 2.38. The molecule has 90 valence electrons. The summed E-state index contributed by atoms with van der Waals surface area (Å²) in [4.78, 5) is 8.95. The highest BCUT2D eigenvalue weighted by atomic mass is 35.5. The van der Waals surface area contributed by atoms with E-state index in [1.807, 2.05) is 6.92 Å². The Morgan fingerprint density at radius 1 is 1.29 bits per heavy atom. The number of aryl methyl sites for hydroxylation is 1. The second-order valence-electron chi connectivity index (χ2n) is 5.01. The highest BCUT2D eigenvalue weighted by Crippen LogP contribution is 2.38. The first kappa shape index (κ1) is 11.0. The van der Waals surface area contributed by atoms with Gasteiger partial charge in [-0.1, -0.05) is 25.4 Å². The van der Waals surface area contributed by atoms with E-state index in [1.54, 1.807) is 4.52 Å². The van der Waals surface area contributed by atoms with Crippen LogP contribution in [0.25, 0.3) is 5.78 Å². The van der Waals surface area contributed by atoms with Crippen LogP contribution in [0.1, 0.15) is 55.6 Å². The quantitative estimate of drug-likeness (QED) is 0.770. The first-order valence-electron chi connectivity index (χ1n) is 6.00. The molecule has 0 atom stereocenters. The van der Waals surface area contributed by atoms with E-state index in [4.69, 9.17) is 11.6 Å². The topological polar surface area (TPSA) is 43.1 Å². The third-order valence-electron chi connectivity index (χ3n) is 3.19. The first-order valence-corrected chi connectivity index (χ1v) is 6.38. The predicted molar refractivity (Wildman–Crippen MR) is 66.6 cm³/mol. The lowest BCUT2D eigenvalue weighted by atomic mass is 10.0. The average molecular weight is 251 g/mol. The second kappa shape index (κ2) is 3.67. The van der Waals surface area contributed by atoms with Gasteiger partial charge in [-0.15, -0.1) is 5.10 Å². The normalized spacial score (nSPS) is 16.1. The SMILES string of the molecule is Cc1nc2nc(C3CC3)nn2c(Cl)c1C(C)C. The molecule has 1 aliphatic rings. The van der Waals surface area contributed by atoms with E-state index in [0.717, 1.165) is 17.1 Å². The molecule has 5 heteroatoms. The van der Waals surface area contributed by atoms with E-state index < -0.39 is 0 Å². The van der Waals surface area contributed by atoms with Gasteiger partial charge in [-0.2, -0.15) is 9.50 Å². The van der Waals surface area contributed by atoms with Crippen LogP contribution in [0, 0.1) is 6.92 Å². The number of hydrogen-bond acceptors (Lipinski definition) is 3. The standard InChI is InChI=1S/C12H15ClN4/c1-6(2)9-7(3)14-12-15-11(8-4-5-8)16-17(12)10(9)13/h6,8H,4-5H2,1-3H3. The van der Waals surface area contributed by atoms with Crippen molar-refractivity contribution in [2.24, 2.45) is 0 Å². The van der Waals surface area contributed by atoms with Gasteiger partial charge in [-0.3, -0.25) is 0 Å². The molecular weight excluding hydrogens is 236 g/mol. The molecule has 2 aromatic rings. The fraction of sp³-hybridized carbons (Fsp3) is 0.583. The number of aromatic nitrogens is 4. The van der Waals surface area contributed by atoms with Gasteiger partial charge in [0.25, 0.3) is 5.78 Å². The molecule has 0 saturated heterocycles. The van der Waals surface area contributed by atoms with Crippen molar-refractivity contribution in [3.8, 4) is 0 Å². The monoisotopic (exact) mass is 250 g/mol. The molecule has 1 saturated carbocycles. The Balaban J connectivity index is 2.24. The summed E-state index contributed by atoms with van der Waals surface area (Å²) in [7, 11) is 0. The van der Waals surface area contributed by atoms with Crippen molar-refractivity contribution in [3.05, 3.63) is 22.2 Å². The van der Waals surface area contributed by atoms with Gasteiger partial charge in [0.2, 0.25) is 0 Å². The Hall–Kier alpha value is -1.16. The van der Waals surface area contributed by atoms with Crippen LogP contribution >= 0.6 is 11.6 Å². The van der Waals surface area contributed by atoms with E-state index >= 15 is 0 Å². The van der Waals surface area contributed by atoms with Crippen LogP contribution in [0.2, 0.25) is 5.15 Å². The molecular formula is C12H15ClN4.